The summed E-state index contributed by atoms with van der Waals surface area (Å²) in [5.74, 6) is 1.85. The van der Waals surface area contributed by atoms with E-state index in [1.807, 2.05) is 17.0 Å². The second-order valence-electron chi connectivity index (χ2n) is 6.78. The van der Waals surface area contributed by atoms with Gasteiger partial charge >= 0.3 is 0 Å². The highest BCUT2D eigenvalue weighted by Crippen LogP contribution is 2.38. The highest BCUT2D eigenvalue weighted by molar-refractivity contribution is 5.79. The highest BCUT2D eigenvalue weighted by atomic mass is 16.5. The molecule has 1 aromatic rings. The zero-order valence-electron chi connectivity index (χ0n) is 15.9. The number of piperazine rings is 1. The number of carbonyl (C=O) groups excluding carboxylic acids is 1. The minimum atomic E-state index is 0.150. The zero-order chi connectivity index (χ0) is 18.5. The van der Waals surface area contributed by atoms with Crippen LogP contribution in [0.1, 0.15) is 12.0 Å². The summed E-state index contributed by atoms with van der Waals surface area (Å²) in [4.78, 5) is 17.3. The molecule has 1 N–H and O–H groups in total. The molecule has 1 amide bonds. The molecule has 1 aromatic carbocycles. The number of benzene rings is 1. The number of ether oxygens (including phenoxy) is 3. The molecule has 7 nitrogen and oxygen atoms in total. The van der Waals surface area contributed by atoms with Crippen molar-refractivity contribution in [1.82, 2.24) is 15.1 Å². The number of amides is 1. The van der Waals surface area contributed by atoms with Crippen molar-refractivity contribution in [2.24, 2.45) is 0 Å². The molecule has 0 bridgehead atoms. The number of methoxy groups -OCH3 is 3. The summed E-state index contributed by atoms with van der Waals surface area (Å²) < 4.78 is 16.1. The van der Waals surface area contributed by atoms with Crippen molar-refractivity contribution >= 4 is 5.91 Å². The van der Waals surface area contributed by atoms with Crippen LogP contribution in [0.15, 0.2) is 12.1 Å². The van der Waals surface area contributed by atoms with Crippen LogP contribution in [0.25, 0.3) is 0 Å². The van der Waals surface area contributed by atoms with E-state index in [4.69, 9.17) is 14.2 Å². The van der Waals surface area contributed by atoms with Gasteiger partial charge in [-0.3, -0.25) is 9.69 Å². The molecule has 0 aliphatic carbocycles. The molecule has 0 radical (unpaired) electrons. The summed E-state index contributed by atoms with van der Waals surface area (Å²) in [6.07, 6.45) is 1.39. The van der Waals surface area contributed by atoms with Crippen molar-refractivity contribution in [3.63, 3.8) is 0 Å². The van der Waals surface area contributed by atoms with E-state index in [9.17, 15) is 4.79 Å². The van der Waals surface area contributed by atoms with Gasteiger partial charge in [-0.1, -0.05) is 0 Å². The van der Waals surface area contributed by atoms with Crippen LogP contribution >= 0.6 is 0 Å². The van der Waals surface area contributed by atoms with Crippen LogP contribution in [0.2, 0.25) is 0 Å². The van der Waals surface area contributed by atoms with E-state index >= 15 is 0 Å². The normalized spacial score (nSPS) is 20.9. The summed E-state index contributed by atoms with van der Waals surface area (Å²) in [5.41, 5.74) is 0.870. The van der Waals surface area contributed by atoms with E-state index in [2.05, 4.69) is 10.2 Å². The molecule has 0 spiro atoms. The fourth-order valence-corrected chi connectivity index (χ4v) is 3.84. The first-order valence-corrected chi connectivity index (χ1v) is 9.17. The average Bonchev–Trinajstić information content (AvgIpc) is 3.18. The topological polar surface area (TPSA) is 63.3 Å². The Bertz CT molecular complexity index is 606. The van der Waals surface area contributed by atoms with Crippen molar-refractivity contribution in [2.75, 3.05) is 60.6 Å². The summed E-state index contributed by atoms with van der Waals surface area (Å²) in [5, 5.41) is 3.38. The van der Waals surface area contributed by atoms with Crippen LogP contribution < -0.4 is 19.5 Å². The van der Waals surface area contributed by atoms with Gasteiger partial charge < -0.3 is 24.4 Å². The molecule has 2 aliphatic heterocycles. The summed E-state index contributed by atoms with van der Waals surface area (Å²) in [6, 6.07) is 4.19. The van der Waals surface area contributed by atoms with Gasteiger partial charge in [0.1, 0.15) is 0 Å². The van der Waals surface area contributed by atoms with Crippen molar-refractivity contribution in [3.05, 3.63) is 17.7 Å². The molecule has 2 heterocycles. The van der Waals surface area contributed by atoms with Gasteiger partial charge in [0.2, 0.25) is 11.7 Å². The average molecular weight is 363 g/mol. The molecule has 26 heavy (non-hydrogen) atoms. The molecule has 7 heteroatoms. The number of nitrogens with one attached hydrogen (secondary N) is 1. The molecular weight excluding hydrogens is 334 g/mol. The van der Waals surface area contributed by atoms with Gasteiger partial charge in [0, 0.05) is 45.3 Å². The lowest BCUT2D eigenvalue weighted by atomic mass is 10.1. The van der Waals surface area contributed by atoms with E-state index in [1.54, 1.807) is 21.3 Å². The van der Waals surface area contributed by atoms with Crippen LogP contribution in [0.5, 0.6) is 17.2 Å². The Balaban J connectivity index is 1.64. The van der Waals surface area contributed by atoms with E-state index in [0.717, 1.165) is 51.3 Å². The van der Waals surface area contributed by atoms with Crippen molar-refractivity contribution < 1.29 is 19.0 Å². The van der Waals surface area contributed by atoms with Gasteiger partial charge in [-0.2, -0.15) is 0 Å². The van der Waals surface area contributed by atoms with Gasteiger partial charge in [0.25, 0.3) is 0 Å². The van der Waals surface area contributed by atoms with Crippen LogP contribution in [0.3, 0.4) is 0 Å². The van der Waals surface area contributed by atoms with Gasteiger partial charge in [-0.25, -0.2) is 0 Å². The Morgan fingerprint density at radius 1 is 1.08 bits per heavy atom. The first-order valence-electron chi connectivity index (χ1n) is 9.17. The summed E-state index contributed by atoms with van der Waals surface area (Å²) in [6.45, 7) is 5.87. The Kier molecular flexibility index (Phi) is 6.21. The number of hydrogen-bond acceptors (Lipinski definition) is 6. The lowest BCUT2D eigenvalue weighted by Gasteiger charge is -2.32. The predicted octanol–water partition coefficient (Wildman–Crippen LogP) is 0.761. The van der Waals surface area contributed by atoms with Crippen molar-refractivity contribution in [2.45, 2.75) is 18.9 Å². The summed E-state index contributed by atoms with van der Waals surface area (Å²) in [7, 11) is 4.74. The first kappa shape index (κ1) is 18.8. The van der Waals surface area contributed by atoms with E-state index < -0.39 is 0 Å². The molecular formula is C19H29N3O4. The second kappa shape index (κ2) is 8.60. The minimum Gasteiger partial charge on any atom is -0.493 e. The number of likely N-dealkylation sites (tertiary alicyclic amines) is 1. The maximum atomic E-state index is 12.8. The Morgan fingerprint density at radius 2 is 1.73 bits per heavy atom. The SMILES string of the molecule is COc1cc(CC(=O)N2CCC(N3CCNCC3)C2)cc(OC)c1OC. The third-order valence-electron chi connectivity index (χ3n) is 5.26. The standard InChI is InChI=1S/C19H29N3O4/c1-24-16-10-14(11-17(25-2)19(16)26-3)12-18(23)22-7-4-15(13-22)21-8-5-20-6-9-21/h10-11,15,20H,4-9,12-13H2,1-3H3. The Labute approximate surface area is 155 Å². The highest BCUT2D eigenvalue weighted by Gasteiger charge is 2.31. The molecule has 2 saturated heterocycles. The lowest BCUT2D eigenvalue weighted by molar-refractivity contribution is -0.129. The van der Waals surface area contributed by atoms with Gasteiger partial charge in [-0.05, 0) is 24.1 Å². The second-order valence-corrected chi connectivity index (χ2v) is 6.78. The number of carbonyl (C=O) groups is 1. The maximum absolute atomic E-state index is 12.8. The summed E-state index contributed by atoms with van der Waals surface area (Å²) >= 11 is 0. The third-order valence-corrected chi connectivity index (χ3v) is 5.26. The maximum Gasteiger partial charge on any atom is 0.227 e. The smallest absolute Gasteiger partial charge is 0.227 e. The molecule has 144 valence electrons. The van der Waals surface area contributed by atoms with E-state index in [-0.39, 0.29) is 5.91 Å². The third kappa shape index (κ3) is 4.04. The fraction of sp³-hybridized carbons (Fsp3) is 0.632. The molecule has 2 aliphatic rings. The molecule has 1 unspecified atom stereocenters. The van der Waals surface area contributed by atoms with E-state index in [1.165, 1.54) is 0 Å². The molecule has 1 atom stereocenters. The first-order chi connectivity index (χ1) is 12.7. The number of rotatable bonds is 6. The molecule has 3 rings (SSSR count). The fourth-order valence-electron chi connectivity index (χ4n) is 3.84. The number of hydrogen-bond donors (Lipinski definition) is 1. The van der Waals surface area contributed by atoms with Gasteiger partial charge in [-0.15, -0.1) is 0 Å². The van der Waals surface area contributed by atoms with Crippen LogP contribution in [-0.2, 0) is 11.2 Å². The Hall–Kier alpha value is -1.99. The molecule has 0 aromatic heterocycles. The van der Waals surface area contributed by atoms with E-state index in [0.29, 0.717) is 29.7 Å². The Morgan fingerprint density at radius 3 is 2.31 bits per heavy atom. The molecule has 0 saturated carbocycles. The minimum absolute atomic E-state index is 0.150. The van der Waals surface area contributed by atoms with Crippen molar-refractivity contribution in [3.8, 4) is 17.2 Å². The van der Waals surface area contributed by atoms with Crippen molar-refractivity contribution in [1.29, 1.82) is 0 Å². The van der Waals surface area contributed by atoms with Crippen LogP contribution in [0, 0.1) is 0 Å². The van der Waals surface area contributed by atoms with Crippen LogP contribution in [-0.4, -0.2) is 82.3 Å². The lowest BCUT2D eigenvalue weighted by Crippen LogP contribution is -2.49. The number of nitrogens with zero attached hydrogens (tertiary/aromatic N) is 2. The quantitative estimate of drug-likeness (QED) is 0.805. The monoisotopic (exact) mass is 363 g/mol. The van der Waals surface area contributed by atoms with Gasteiger partial charge in [0.05, 0.1) is 27.8 Å². The largest absolute Gasteiger partial charge is 0.493 e. The van der Waals surface area contributed by atoms with Gasteiger partial charge in [0.15, 0.2) is 11.5 Å². The zero-order valence-corrected chi connectivity index (χ0v) is 15.9. The van der Waals surface area contributed by atoms with Crippen LogP contribution in [0.4, 0.5) is 0 Å². The predicted molar refractivity (Wildman–Crippen MR) is 99.2 cm³/mol. The molecule has 2 fully saturated rings.